The Hall–Kier alpha value is 0.134. The van der Waals surface area contributed by atoms with Crippen LogP contribution in [0, 0.1) is 11.3 Å². The summed E-state index contributed by atoms with van der Waals surface area (Å²) in [5.41, 5.74) is -0.385. The molecule has 1 aliphatic rings. The fraction of sp³-hybridized carbons (Fsp3) is 0.968. The molecule has 0 unspecified atom stereocenters. The average Bonchev–Trinajstić information content (AvgIpc) is 3.23. The predicted octanol–water partition coefficient (Wildman–Crippen LogP) is 8.95. The Labute approximate surface area is 249 Å². The van der Waals surface area contributed by atoms with Gasteiger partial charge in [0.15, 0.2) is 16.6 Å². The lowest BCUT2D eigenvalue weighted by atomic mass is 9.80. The van der Waals surface area contributed by atoms with Gasteiger partial charge in [-0.1, -0.05) is 69.2 Å². The van der Waals surface area contributed by atoms with E-state index in [4.69, 9.17) is 13.6 Å². The summed E-state index contributed by atoms with van der Waals surface area (Å²) < 4.78 is 19.0. The second-order valence-corrected chi connectivity index (χ2v) is 26.1. The van der Waals surface area contributed by atoms with Crippen molar-refractivity contribution in [3.05, 3.63) is 0 Å². The first-order chi connectivity index (χ1) is 17.7. The molecule has 0 saturated carbocycles. The van der Waals surface area contributed by atoms with E-state index in [9.17, 15) is 4.79 Å². The monoisotopic (exact) mass is 603 g/mol. The smallest absolute Gasteiger partial charge is 0.230 e. The highest BCUT2D eigenvalue weighted by Crippen LogP contribution is 2.39. The third-order valence-corrected chi connectivity index (χ3v) is 20.0. The molecule has 1 amide bonds. The van der Waals surface area contributed by atoms with Crippen molar-refractivity contribution >= 4 is 34.3 Å². The highest BCUT2D eigenvalue weighted by atomic mass is 32.2. The molecule has 3 atom stereocenters. The maximum atomic E-state index is 14.1. The first kappa shape index (κ1) is 37.2. The fourth-order valence-corrected chi connectivity index (χ4v) is 7.41. The maximum absolute atomic E-state index is 14.1. The number of thioether (sulfide) groups is 1. The third kappa shape index (κ3) is 10.7. The number of carbonyl (C=O) groups is 1. The fourth-order valence-electron chi connectivity index (χ4n) is 4.35. The zero-order valence-corrected chi connectivity index (χ0v) is 31.1. The van der Waals surface area contributed by atoms with Gasteiger partial charge in [-0.25, -0.2) is 0 Å². The van der Waals surface area contributed by atoms with Gasteiger partial charge in [0.2, 0.25) is 5.91 Å². The molecule has 39 heavy (non-hydrogen) atoms. The molecule has 0 N–H and O–H groups in total. The van der Waals surface area contributed by atoms with Gasteiger partial charge < -0.3 is 18.5 Å². The molecule has 8 heteroatoms. The molecule has 0 radical (unpaired) electrons. The molecule has 0 aromatic rings. The Morgan fingerprint density at radius 2 is 1.44 bits per heavy atom. The van der Waals surface area contributed by atoms with E-state index >= 15 is 0 Å². The predicted molar refractivity (Wildman–Crippen MR) is 176 cm³/mol. The van der Waals surface area contributed by atoms with E-state index in [0.717, 1.165) is 56.8 Å². The van der Waals surface area contributed by atoms with Crippen molar-refractivity contribution in [2.45, 2.75) is 150 Å². The van der Waals surface area contributed by atoms with E-state index in [-0.39, 0.29) is 33.7 Å². The summed E-state index contributed by atoms with van der Waals surface area (Å²) in [6, 6.07) is 0.153. The van der Waals surface area contributed by atoms with Crippen molar-refractivity contribution in [3.8, 4) is 0 Å². The van der Waals surface area contributed by atoms with E-state index in [1.807, 2.05) is 11.8 Å². The van der Waals surface area contributed by atoms with Crippen LogP contribution in [0.15, 0.2) is 0 Å². The molecule has 1 saturated heterocycles. The van der Waals surface area contributed by atoms with Crippen LogP contribution in [0.5, 0.6) is 0 Å². The van der Waals surface area contributed by atoms with Gasteiger partial charge in [0.05, 0.1) is 12.6 Å². The number of hydrogen-bond donors (Lipinski definition) is 0. The number of rotatable bonds is 16. The molecule has 0 aliphatic carbocycles. The molecule has 5 nitrogen and oxygen atoms in total. The Balaban J connectivity index is 2.68. The van der Waals surface area contributed by atoms with E-state index in [1.165, 1.54) is 0 Å². The lowest BCUT2D eigenvalue weighted by Crippen LogP contribution is -2.50. The summed E-state index contributed by atoms with van der Waals surface area (Å²) in [6.45, 7) is 33.9. The number of hydrogen-bond acceptors (Lipinski definition) is 5. The number of ether oxygens (including phenoxy) is 1. The first-order valence-electron chi connectivity index (χ1n) is 15.5. The first-order valence-corrected chi connectivity index (χ1v) is 22.5. The van der Waals surface area contributed by atoms with Crippen LogP contribution >= 0.6 is 11.8 Å². The van der Waals surface area contributed by atoms with Crippen molar-refractivity contribution in [1.82, 2.24) is 4.90 Å². The molecule has 1 heterocycles. The van der Waals surface area contributed by atoms with E-state index in [1.54, 1.807) is 0 Å². The molecule has 232 valence electrons. The average molecular weight is 604 g/mol. The molecule has 0 aromatic carbocycles. The van der Waals surface area contributed by atoms with Gasteiger partial charge in [0, 0.05) is 25.0 Å². The van der Waals surface area contributed by atoms with Crippen LogP contribution in [0.3, 0.4) is 0 Å². The van der Waals surface area contributed by atoms with Crippen LogP contribution in [0.4, 0.5) is 0 Å². The van der Waals surface area contributed by atoms with Gasteiger partial charge >= 0.3 is 0 Å². The molecule has 1 rings (SSSR count). The summed E-state index contributed by atoms with van der Waals surface area (Å²) in [6.07, 6.45) is 4.45. The minimum Gasteiger partial charge on any atom is -0.417 e. The van der Waals surface area contributed by atoms with Crippen LogP contribution in [-0.2, 0) is 18.4 Å². The zero-order valence-electron chi connectivity index (χ0n) is 28.3. The third-order valence-electron chi connectivity index (χ3n) is 9.78. The minimum absolute atomic E-state index is 0.116. The van der Waals surface area contributed by atoms with Crippen molar-refractivity contribution < 1.29 is 18.4 Å². The quantitative estimate of drug-likeness (QED) is 0.130. The van der Waals surface area contributed by atoms with Gasteiger partial charge in [0.1, 0.15) is 6.23 Å². The van der Waals surface area contributed by atoms with Gasteiger partial charge in [-0.3, -0.25) is 4.79 Å². The number of nitrogens with zero attached hydrogens (tertiary/aromatic N) is 1. The van der Waals surface area contributed by atoms with E-state index in [0.29, 0.717) is 12.5 Å². The van der Waals surface area contributed by atoms with E-state index in [2.05, 4.69) is 100 Å². The van der Waals surface area contributed by atoms with Crippen molar-refractivity contribution in [2.75, 3.05) is 31.3 Å². The Morgan fingerprint density at radius 1 is 0.923 bits per heavy atom. The van der Waals surface area contributed by atoms with Crippen LogP contribution < -0.4 is 0 Å². The van der Waals surface area contributed by atoms with E-state index < -0.39 is 16.6 Å². The van der Waals surface area contributed by atoms with Gasteiger partial charge in [-0.2, -0.15) is 11.8 Å². The molecule has 1 aliphatic heterocycles. The van der Waals surface area contributed by atoms with Crippen molar-refractivity contribution in [3.63, 3.8) is 0 Å². The normalized spacial score (nSPS) is 21.1. The van der Waals surface area contributed by atoms with Crippen LogP contribution in [0.25, 0.3) is 0 Å². The van der Waals surface area contributed by atoms with Crippen LogP contribution in [-0.4, -0.2) is 71.0 Å². The Kier molecular flexibility index (Phi) is 14.3. The molecular weight excluding hydrogens is 539 g/mol. The second-order valence-electron chi connectivity index (χ2n) is 15.3. The molecule has 0 aromatic heterocycles. The second kappa shape index (κ2) is 15.0. The van der Waals surface area contributed by atoms with Crippen LogP contribution in [0.2, 0.25) is 36.3 Å². The molecular formula is C31H65NO4SSi2. The SMILES string of the molecule is CC[C@](C)(CCCO[Si](C)(C)C(C)(C)C)C(=O)N1[C@@H](C(C)C)CO[C@@H]1CCSCCCO[Si](C)(C)C(C)(C)C. The topological polar surface area (TPSA) is 48.0 Å². The van der Waals surface area contributed by atoms with Crippen molar-refractivity contribution in [1.29, 1.82) is 0 Å². The summed E-state index contributed by atoms with van der Waals surface area (Å²) in [7, 11) is -3.44. The molecule has 0 spiro atoms. The lowest BCUT2D eigenvalue weighted by molar-refractivity contribution is -0.149. The molecule has 1 fully saturated rings. The highest BCUT2D eigenvalue weighted by Gasteiger charge is 2.45. The summed E-state index contributed by atoms with van der Waals surface area (Å²) in [5, 5.41) is 0.463. The van der Waals surface area contributed by atoms with Gasteiger partial charge in [-0.15, -0.1) is 0 Å². The summed E-state index contributed by atoms with van der Waals surface area (Å²) >= 11 is 1.96. The number of carbonyl (C=O) groups excluding carboxylic acids is 1. The zero-order chi connectivity index (χ0) is 30.3. The van der Waals surface area contributed by atoms with Gasteiger partial charge in [0.25, 0.3) is 0 Å². The van der Waals surface area contributed by atoms with Gasteiger partial charge in [-0.05, 0) is 79.4 Å². The largest absolute Gasteiger partial charge is 0.417 e. The maximum Gasteiger partial charge on any atom is 0.230 e. The lowest BCUT2D eigenvalue weighted by Gasteiger charge is -2.39. The summed E-state index contributed by atoms with van der Waals surface area (Å²) in [4.78, 5) is 16.2. The Morgan fingerprint density at radius 3 is 1.90 bits per heavy atom. The Bertz CT molecular complexity index is 748. The standard InChI is InChI=1S/C31H65NO4SSi2/c1-15-31(10,19-16-20-35-38(11,12)29(4,5)6)28(33)32-26(25(2)3)24-34-27(32)18-23-37-22-17-21-36-39(13,14)30(7,8)9/h25-27H,15-24H2,1-14H3/t26-,27-,31-/m1/s1. The minimum atomic E-state index is -1.77. The number of amides is 1. The molecule has 0 bridgehead atoms. The summed E-state index contributed by atoms with van der Waals surface area (Å²) in [5.74, 6) is 2.74. The highest BCUT2D eigenvalue weighted by molar-refractivity contribution is 7.99. The van der Waals surface area contributed by atoms with Crippen molar-refractivity contribution in [2.24, 2.45) is 11.3 Å². The van der Waals surface area contributed by atoms with Crippen LogP contribution in [0.1, 0.15) is 101 Å².